The second-order valence-electron chi connectivity index (χ2n) is 3.29. The van der Waals surface area contributed by atoms with Crippen molar-refractivity contribution in [3.05, 3.63) is 47.4 Å². The molecule has 4 nitrogen and oxygen atoms in total. The Labute approximate surface area is 108 Å². The van der Waals surface area contributed by atoms with Crippen molar-refractivity contribution in [1.82, 2.24) is 9.55 Å². The molecule has 2 aromatic rings. The Morgan fingerprint density at radius 1 is 1.35 bits per heavy atom. The molecule has 1 heterocycles. The Morgan fingerprint density at radius 3 is 2.71 bits per heavy atom. The third kappa shape index (κ3) is 2.99. The van der Waals surface area contributed by atoms with Crippen LogP contribution in [0.4, 0.5) is 4.79 Å². The monoisotopic (exact) mass is 270 g/mol. The first-order valence-electron chi connectivity index (χ1n) is 4.78. The van der Waals surface area contributed by atoms with Crippen LogP contribution in [0.15, 0.2) is 36.7 Å². The van der Waals surface area contributed by atoms with Crippen LogP contribution in [-0.2, 0) is 6.54 Å². The van der Waals surface area contributed by atoms with Gasteiger partial charge in [-0.25, -0.2) is 9.78 Å². The third-order valence-corrected chi connectivity index (χ3v) is 2.57. The molecule has 0 aliphatic rings. The van der Waals surface area contributed by atoms with Crippen molar-refractivity contribution < 1.29 is 9.53 Å². The fourth-order valence-electron chi connectivity index (χ4n) is 1.38. The summed E-state index contributed by atoms with van der Waals surface area (Å²) in [5.74, 6) is 0.0163. The zero-order valence-corrected chi connectivity index (χ0v) is 10.1. The van der Waals surface area contributed by atoms with E-state index in [1.165, 1.54) is 6.33 Å². The smallest absolute Gasteiger partial charge is 0.392 e. The van der Waals surface area contributed by atoms with Crippen LogP contribution < -0.4 is 4.74 Å². The molecule has 0 amide bonds. The topological polar surface area (TPSA) is 44.1 Å². The normalized spacial score (nSPS) is 10.2. The maximum Gasteiger partial charge on any atom is 0.410 e. The Hall–Kier alpha value is -1.52. The minimum atomic E-state index is -0.961. The van der Waals surface area contributed by atoms with Gasteiger partial charge in [0.2, 0.25) is 0 Å². The molecule has 17 heavy (non-hydrogen) atoms. The molecule has 88 valence electrons. The molecular formula is C11H8Cl2N2O2. The lowest BCUT2D eigenvalue weighted by Gasteiger charge is -2.03. The molecule has 0 aliphatic heterocycles. The van der Waals surface area contributed by atoms with E-state index in [4.69, 9.17) is 23.2 Å². The molecule has 1 aromatic carbocycles. The third-order valence-electron chi connectivity index (χ3n) is 2.12. The van der Waals surface area contributed by atoms with E-state index in [1.54, 1.807) is 4.57 Å². The van der Waals surface area contributed by atoms with Crippen LogP contribution in [0.25, 0.3) is 0 Å². The van der Waals surface area contributed by atoms with E-state index in [0.29, 0.717) is 6.54 Å². The first-order chi connectivity index (χ1) is 8.16. The number of carbonyl (C=O) groups is 1. The fourth-order valence-corrected chi connectivity index (χ4v) is 1.65. The Bertz CT molecular complexity index is 526. The number of imidazole rings is 1. The van der Waals surface area contributed by atoms with Gasteiger partial charge in [-0.3, -0.25) is 0 Å². The van der Waals surface area contributed by atoms with Crippen LogP contribution in [0.5, 0.6) is 5.88 Å². The van der Waals surface area contributed by atoms with E-state index in [0.717, 1.165) is 5.56 Å². The number of hydrogen-bond acceptors (Lipinski definition) is 3. The summed E-state index contributed by atoms with van der Waals surface area (Å²) in [7, 11) is 0. The highest BCUT2D eigenvalue weighted by Crippen LogP contribution is 2.23. The summed E-state index contributed by atoms with van der Waals surface area (Å²) < 4.78 is 6.28. The van der Waals surface area contributed by atoms with Crippen LogP contribution in [0.2, 0.25) is 5.15 Å². The molecule has 2 rings (SSSR count). The summed E-state index contributed by atoms with van der Waals surface area (Å²) in [6.07, 6.45) is 1.49. The minimum absolute atomic E-state index is 0.0163. The zero-order chi connectivity index (χ0) is 12.3. The molecule has 0 saturated carbocycles. The standard InChI is InChI=1S/C11H8Cl2N2O2/c12-9-10(17-11(13)16)14-7-15(9)6-8-4-2-1-3-5-8/h1-5,7H,6H2. The number of rotatable bonds is 3. The molecule has 6 heteroatoms. The van der Waals surface area contributed by atoms with Crippen molar-refractivity contribution in [2.75, 3.05) is 0 Å². The van der Waals surface area contributed by atoms with Crippen LogP contribution in [-0.4, -0.2) is 15.0 Å². The van der Waals surface area contributed by atoms with Gasteiger partial charge < -0.3 is 9.30 Å². The molecule has 0 atom stereocenters. The average Bonchev–Trinajstić information content (AvgIpc) is 2.62. The lowest BCUT2D eigenvalue weighted by Crippen LogP contribution is -2.00. The van der Waals surface area contributed by atoms with Gasteiger partial charge in [-0.05, 0) is 5.56 Å². The number of ether oxygens (including phenoxy) is 1. The van der Waals surface area contributed by atoms with E-state index in [1.807, 2.05) is 30.3 Å². The van der Waals surface area contributed by atoms with Gasteiger partial charge in [0.15, 0.2) is 5.15 Å². The van der Waals surface area contributed by atoms with Gasteiger partial charge in [-0.1, -0.05) is 41.9 Å². The largest absolute Gasteiger partial charge is 0.410 e. The van der Waals surface area contributed by atoms with Gasteiger partial charge in [-0.15, -0.1) is 0 Å². The molecule has 0 fully saturated rings. The number of nitrogens with zero attached hydrogens (tertiary/aromatic N) is 2. The highest BCUT2D eigenvalue weighted by atomic mass is 35.5. The van der Waals surface area contributed by atoms with Crippen LogP contribution in [0.1, 0.15) is 5.56 Å². The molecule has 0 spiro atoms. The SMILES string of the molecule is O=C(Cl)Oc1ncn(Cc2ccccc2)c1Cl. The predicted molar refractivity (Wildman–Crippen MR) is 64.7 cm³/mol. The van der Waals surface area contributed by atoms with E-state index >= 15 is 0 Å². The summed E-state index contributed by atoms with van der Waals surface area (Å²) in [6.45, 7) is 0.548. The predicted octanol–water partition coefficient (Wildman–Crippen LogP) is 3.32. The minimum Gasteiger partial charge on any atom is -0.392 e. The summed E-state index contributed by atoms with van der Waals surface area (Å²) in [5, 5.41) is 0.239. The lowest BCUT2D eigenvalue weighted by molar-refractivity contribution is 0.224. The van der Waals surface area contributed by atoms with E-state index in [2.05, 4.69) is 9.72 Å². The lowest BCUT2D eigenvalue weighted by atomic mass is 10.2. The quantitative estimate of drug-likeness (QED) is 0.804. The van der Waals surface area contributed by atoms with Gasteiger partial charge in [0, 0.05) is 11.6 Å². The second kappa shape index (κ2) is 5.21. The molecule has 1 aromatic heterocycles. The number of halogens is 2. The summed E-state index contributed by atoms with van der Waals surface area (Å²) in [4.78, 5) is 14.4. The average molecular weight is 271 g/mol. The molecular weight excluding hydrogens is 263 g/mol. The second-order valence-corrected chi connectivity index (χ2v) is 3.96. The van der Waals surface area contributed by atoms with Gasteiger partial charge in [0.1, 0.15) is 6.33 Å². The summed E-state index contributed by atoms with van der Waals surface area (Å²) in [6, 6.07) is 9.71. The van der Waals surface area contributed by atoms with E-state index < -0.39 is 5.43 Å². The van der Waals surface area contributed by atoms with Gasteiger partial charge in [0.25, 0.3) is 5.88 Å². The molecule has 0 unspecified atom stereocenters. The van der Waals surface area contributed by atoms with Crippen molar-refractivity contribution in [1.29, 1.82) is 0 Å². The van der Waals surface area contributed by atoms with Crippen molar-refractivity contribution in [3.8, 4) is 5.88 Å². The van der Waals surface area contributed by atoms with Crippen molar-refractivity contribution in [2.24, 2.45) is 0 Å². The van der Waals surface area contributed by atoms with Gasteiger partial charge in [0.05, 0.1) is 6.54 Å². The van der Waals surface area contributed by atoms with E-state index in [9.17, 15) is 4.79 Å². The first kappa shape index (κ1) is 12.0. The molecule has 0 N–H and O–H groups in total. The van der Waals surface area contributed by atoms with Crippen molar-refractivity contribution in [3.63, 3.8) is 0 Å². The van der Waals surface area contributed by atoms with Crippen LogP contribution in [0, 0.1) is 0 Å². The number of aromatic nitrogens is 2. The van der Waals surface area contributed by atoms with Crippen molar-refractivity contribution in [2.45, 2.75) is 6.54 Å². The Balaban J connectivity index is 2.18. The highest BCUT2D eigenvalue weighted by Gasteiger charge is 2.12. The van der Waals surface area contributed by atoms with Crippen LogP contribution in [0.3, 0.4) is 0 Å². The summed E-state index contributed by atoms with van der Waals surface area (Å²) >= 11 is 11.1. The number of benzene rings is 1. The zero-order valence-electron chi connectivity index (χ0n) is 8.64. The number of carbonyl (C=O) groups excluding carboxylic acids is 1. The molecule has 0 aliphatic carbocycles. The van der Waals surface area contributed by atoms with Gasteiger partial charge in [-0.2, -0.15) is 0 Å². The highest BCUT2D eigenvalue weighted by molar-refractivity contribution is 6.61. The van der Waals surface area contributed by atoms with Gasteiger partial charge >= 0.3 is 5.43 Å². The summed E-state index contributed by atoms with van der Waals surface area (Å²) in [5.41, 5.74) is 0.104. The molecule has 0 radical (unpaired) electrons. The molecule has 0 saturated heterocycles. The molecule has 0 bridgehead atoms. The number of hydrogen-bond donors (Lipinski definition) is 0. The van der Waals surface area contributed by atoms with Crippen LogP contribution >= 0.6 is 23.2 Å². The maximum absolute atomic E-state index is 10.6. The fraction of sp³-hybridized carbons (Fsp3) is 0.0909. The Morgan fingerprint density at radius 2 is 2.06 bits per heavy atom. The first-order valence-corrected chi connectivity index (χ1v) is 5.54. The van der Waals surface area contributed by atoms with E-state index in [-0.39, 0.29) is 11.0 Å². The van der Waals surface area contributed by atoms with Crippen molar-refractivity contribution >= 4 is 28.6 Å². The Kier molecular flexibility index (Phi) is 3.66. The maximum atomic E-state index is 10.6.